The van der Waals surface area contributed by atoms with Crippen LogP contribution in [0.1, 0.15) is 6.92 Å². The Morgan fingerprint density at radius 3 is 2.50 bits per heavy atom. The Balaban J connectivity index is 2.58. The predicted octanol–water partition coefficient (Wildman–Crippen LogP) is 3.05. The molecule has 18 heavy (non-hydrogen) atoms. The van der Waals surface area contributed by atoms with Crippen molar-refractivity contribution in [2.45, 2.75) is 6.92 Å². The first-order chi connectivity index (χ1) is 8.54. The van der Waals surface area contributed by atoms with Crippen molar-refractivity contribution in [3.8, 4) is 0 Å². The van der Waals surface area contributed by atoms with Crippen molar-refractivity contribution in [1.82, 2.24) is 0 Å². The number of rotatable bonds is 4. The Morgan fingerprint density at radius 2 is 1.94 bits per heavy atom. The Labute approximate surface area is 115 Å². The molecule has 0 spiro atoms. The summed E-state index contributed by atoms with van der Waals surface area (Å²) in [6, 6.07) is 4.84. The van der Waals surface area contributed by atoms with Gasteiger partial charge >= 0.3 is 5.97 Å². The normalized spacial score (nSPS) is 10.4. The molecule has 0 aliphatic heterocycles. The van der Waals surface area contributed by atoms with Crippen molar-refractivity contribution in [1.29, 1.82) is 0 Å². The molecular formula is C12H11Cl2NO3. The largest absolute Gasteiger partial charge is 0.452 e. The van der Waals surface area contributed by atoms with E-state index in [2.05, 4.69) is 10.1 Å². The van der Waals surface area contributed by atoms with Gasteiger partial charge in [-0.1, -0.05) is 35.3 Å². The van der Waals surface area contributed by atoms with Crippen molar-refractivity contribution < 1.29 is 14.3 Å². The second kappa shape index (κ2) is 7.03. The van der Waals surface area contributed by atoms with Crippen molar-refractivity contribution in [2.24, 2.45) is 0 Å². The van der Waals surface area contributed by atoms with Crippen LogP contribution in [0.3, 0.4) is 0 Å². The molecule has 0 bridgehead atoms. The molecule has 0 fully saturated rings. The van der Waals surface area contributed by atoms with Gasteiger partial charge in [0.15, 0.2) is 6.61 Å². The first-order valence-corrected chi connectivity index (χ1v) is 5.83. The highest BCUT2D eigenvalue weighted by atomic mass is 35.5. The van der Waals surface area contributed by atoms with Crippen LogP contribution in [0.15, 0.2) is 30.4 Å². The van der Waals surface area contributed by atoms with Crippen LogP contribution in [0, 0.1) is 0 Å². The molecule has 1 N–H and O–H groups in total. The third kappa shape index (κ3) is 4.39. The Bertz CT molecular complexity index is 466. The fourth-order valence-corrected chi connectivity index (χ4v) is 1.61. The molecule has 1 amide bonds. The second-order valence-corrected chi connectivity index (χ2v) is 4.07. The molecule has 0 atom stereocenters. The summed E-state index contributed by atoms with van der Waals surface area (Å²) in [5.74, 6) is -1.10. The third-order valence-electron chi connectivity index (χ3n) is 1.88. The zero-order valence-corrected chi connectivity index (χ0v) is 11.1. The van der Waals surface area contributed by atoms with E-state index in [-0.39, 0.29) is 0 Å². The summed E-state index contributed by atoms with van der Waals surface area (Å²) in [5.41, 5.74) is 0.299. The molecule has 1 aromatic carbocycles. The highest BCUT2D eigenvalue weighted by Crippen LogP contribution is 2.29. The van der Waals surface area contributed by atoms with Gasteiger partial charge in [-0.05, 0) is 19.1 Å². The number of hydrogen-bond donors (Lipinski definition) is 1. The minimum Gasteiger partial charge on any atom is -0.452 e. The maximum atomic E-state index is 11.5. The van der Waals surface area contributed by atoms with Gasteiger partial charge in [-0.25, -0.2) is 4.79 Å². The summed E-state index contributed by atoms with van der Waals surface area (Å²) in [5, 5.41) is 3.10. The number of para-hydroxylation sites is 1. The SMILES string of the molecule is C/C=C/C(=O)OCC(=O)Nc1c(Cl)cccc1Cl. The molecule has 0 aliphatic carbocycles. The summed E-state index contributed by atoms with van der Waals surface area (Å²) in [7, 11) is 0. The molecule has 6 heteroatoms. The number of amides is 1. The number of nitrogens with one attached hydrogen (secondary N) is 1. The van der Waals surface area contributed by atoms with Crippen molar-refractivity contribution in [3.63, 3.8) is 0 Å². The smallest absolute Gasteiger partial charge is 0.330 e. The van der Waals surface area contributed by atoms with Crippen molar-refractivity contribution >= 4 is 40.8 Å². The number of carbonyl (C=O) groups excluding carboxylic acids is 2. The van der Waals surface area contributed by atoms with Gasteiger partial charge in [-0.15, -0.1) is 0 Å². The van der Waals surface area contributed by atoms with Crippen molar-refractivity contribution in [2.75, 3.05) is 11.9 Å². The van der Waals surface area contributed by atoms with Crippen LogP contribution in [0.5, 0.6) is 0 Å². The van der Waals surface area contributed by atoms with E-state index in [0.29, 0.717) is 15.7 Å². The molecule has 0 aliphatic rings. The standard InChI is InChI=1S/C12H11Cl2NO3/c1-2-4-11(17)18-7-10(16)15-12-8(13)5-3-6-9(12)14/h2-6H,7H2,1H3,(H,15,16)/b4-2+. The lowest BCUT2D eigenvalue weighted by atomic mass is 10.3. The van der Waals surface area contributed by atoms with E-state index in [1.54, 1.807) is 25.1 Å². The number of esters is 1. The summed E-state index contributed by atoms with van der Waals surface area (Å²) >= 11 is 11.7. The van der Waals surface area contributed by atoms with Gasteiger partial charge in [-0.2, -0.15) is 0 Å². The van der Waals surface area contributed by atoms with E-state index in [1.807, 2.05) is 0 Å². The van der Waals surface area contributed by atoms with Gasteiger partial charge in [0.05, 0.1) is 15.7 Å². The molecule has 1 rings (SSSR count). The highest BCUT2D eigenvalue weighted by Gasteiger charge is 2.10. The average molecular weight is 288 g/mol. The van der Waals surface area contributed by atoms with E-state index >= 15 is 0 Å². The predicted molar refractivity (Wildman–Crippen MR) is 70.9 cm³/mol. The van der Waals surface area contributed by atoms with E-state index in [9.17, 15) is 9.59 Å². The molecule has 0 heterocycles. The third-order valence-corrected chi connectivity index (χ3v) is 2.51. The minimum atomic E-state index is -0.585. The lowest BCUT2D eigenvalue weighted by Gasteiger charge is -2.08. The van der Waals surface area contributed by atoms with Crippen LogP contribution in [0.4, 0.5) is 5.69 Å². The molecular weight excluding hydrogens is 277 g/mol. The molecule has 96 valence electrons. The van der Waals surface area contributed by atoms with Crippen LogP contribution in [-0.2, 0) is 14.3 Å². The summed E-state index contributed by atoms with van der Waals surface area (Å²) in [4.78, 5) is 22.5. The number of halogens is 2. The quantitative estimate of drug-likeness (QED) is 0.684. The van der Waals surface area contributed by atoms with Crippen LogP contribution < -0.4 is 5.32 Å². The first-order valence-electron chi connectivity index (χ1n) is 5.08. The number of benzene rings is 1. The monoisotopic (exact) mass is 287 g/mol. The second-order valence-electron chi connectivity index (χ2n) is 3.25. The minimum absolute atomic E-state index is 0.299. The van der Waals surface area contributed by atoms with Gasteiger partial charge in [0.2, 0.25) is 0 Å². The lowest BCUT2D eigenvalue weighted by molar-refractivity contribution is -0.142. The average Bonchev–Trinajstić information content (AvgIpc) is 2.32. The number of allylic oxidation sites excluding steroid dienone is 1. The maximum absolute atomic E-state index is 11.5. The lowest BCUT2D eigenvalue weighted by Crippen LogP contribution is -2.20. The fraction of sp³-hybridized carbons (Fsp3) is 0.167. The van der Waals surface area contributed by atoms with Crippen molar-refractivity contribution in [3.05, 3.63) is 40.4 Å². The molecule has 0 radical (unpaired) electrons. The zero-order valence-electron chi connectivity index (χ0n) is 9.57. The number of carbonyl (C=O) groups is 2. The van der Waals surface area contributed by atoms with Crippen LogP contribution in [-0.4, -0.2) is 18.5 Å². The zero-order chi connectivity index (χ0) is 13.5. The highest BCUT2D eigenvalue weighted by molar-refractivity contribution is 6.39. The molecule has 0 unspecified atom stereocenters. The summed E-state index contributed by atoms with van der Waals surface area (Å²) < 4.78 is 4.67. The summed E-state index contributed by atoms with van der Waals surface area (Å²) in [6.45, 7) is 1.27. The van der Waals surface area contributed by atoms with Gasteiger partial charge < -0.3 is 10.1 Å². The fourth-order valence-electron chi connectivity index (χ4n) is 1.11. The van der Waals surface area contributed by atoms with E-state index < -0.39 is 18.5 Å². The van der Waals surface area contributed by atoms with Gasteiger partial charge in [-0.3, -0.25) is 4.79 Å². The van der Waals surface area contributed by atoms with Crippen LogP contribution >= 0.6 is 23.2 Å². The van der Waals surface area contributed by atoms with Gasteiger partial charge in [0.25, 0.3) is 5.91 Å². The molecule has 0 saturated heterocycles. The summed E-state index contributed by atoms with van der Waals surface area (Å²) in [6.07, 6.45) is 2.74. The topological polar surface area (TPSA) is 55.4 Å². The number of ether oxygens (including phenoxy) is 1. The van der Waals surface area contributed by atoms with Gasteiger partial charge in [0.1, 0.15) is 0 Å². The Kier molecular flexibility index (Phi) is 5.68. The molecule has 4 nitrogen and oxygen atoms in total. The number of hydrogen-bond acceptors (Lipinski definition) is 3. The van der Waals surface area contributed by atoms with Crippen LogP contribution in [0.25, 0.3) is 0 Å². The van der Waals surface area contributed by atoms with Crippen LogP contribution in [0.2, 0.25) is 10.0 Å². The molecule has 0 aromatic heterocycles. The Hall–Kier alpha value is -1.52. The molecule has 0 saturated carbocycles. The molecule has 1 aromatic rings. The first kappa shape index (κ1) is 14.5. The van der Waals surface area contributed by atoms with E-state index in [4.69, 9.17) is 23.2 Å². The van der Waals surface area contributed by atoms with E-state index in [1.165, 1.54) is 12.2 Å². The maximum Gasteiger partial charge on any atom is 0.330 e. The number of anilines is 1. The van der Waals surface area contributed by atoms with E-state index in [0.717, 1.165) is 0 Å². The Morgan fingerprint density at radius 1 is 1.33 bits per heavy atom. The van der Waals surface area contributed by atoms with Gasteiger partial charge in [0, 0.05) is 6.08 Å².